The molecule has 2 nitrogen and oxygen atoms in total. The normalized spacial score (nSPS) is 12.4. The molecule has 0 aliphatic rings. The summed E-state index contributed by atoms with van der Waals surface area (Å²) in [5.74, 6) is -0.700. The average molecular weight is 263 g/mol. The van der Waals surface area contributed by atoms with Gasteiger partial charge in [-0.3, -0.25) is 0 Å². The first kappa shape index (κ1) is 13.6. The first-order valence-corrected chi connectivity index (χ1v) is 6.04. The minimum absolute atomic E-state index is 0.234. The molecule has 0 heterocycles. The fourth-order valence-corrected chi connectivity index (χ4v) is 1.81. The second-order valence-electron chi connectivity index (χ2n) is 4.29. The lowest BCUT2D eigenvalue weighted by atomic mass is 10.1. The SMILES string of the molecule is OC(CNCc1ccc(F)cc1)c1ccccc1F. The van der Waals surface area contributed by atoms with Crippen molar-refractivity contribution in [3.63, 3.8) is 0 Å². The van der Waals surface area contributed by atoms with Gasteiger partial charge in [0.2, 0.25) is 0 Å². The molecule has 0 radical (unpaired) electrons. The smallest absolute Gasteiger partial charge is 0.129 e. The molecule has 2 N–H and O–H groups in total. The van der Waals surface area contributed by atoms with Crippen molar-refractivity contribution in [2.24, 2.45) is 0 Å². The van der Waals surface area contributed by atoms with Crippen LogP contribution >= 0.6 is 0 Å². The van der Waals surface area contributed by atoms with E-state index in [0.29, 0.717) is 6.54 Å². The van der Waals surface area contributed by atoms with Crippen LogP contribution in [0.4, 0.5) is 8.78 Å². The molecule has 1 unspecified atom stereocenters. The Balaban J connectivity index is 1.86. The summed E-state index contributed by atoms with van der Waals surface area (Å²) in [7, 11) is 0. The van der Waals surface area contributed by atoms with E-state index in [1.54, 1.807) is 30.3 Å². The second kappa shape index (κ2) is 6.41. The first-order valence-electron chi connectivity index (χ1n) is 6.04. The lowest BCUT2D eigenvalue weighted by Crippen LogP contribution is -2.21. The molecular weight excluding hydrogens is 248 g/mol. The Morgan fingerprint density at radius 3 is 2.37 bits per heavy atom. The van der Waals surface area contributed by atoms with E-state index in [1.165, 1.54) is 18.2 Å². The van der Waals surface area contributed by atoms with Gasteiger partial charge in [0.05, 0.1) is 6.10 Å². The van der Waals surface area contributed by atoms with Gasteiger partial charge >= 0.3 is 0 Å². The van der Waals surface area contributed by atoms with E-state index >= 15 is 0 Å². The Morgan fingerprint density at radius 1 is 1.00 bits per heavy atom. The fourth-order valence-electron chi connectivity index (χ4n) is 1.81. The number of aliphatic hydroxyl groups is 1. The Morgan fingerprint density at radius 2 is 1.68 bits per heavy atom. The van der Waals surface area contributed by atoms with Gasteiger partial charge in [-0.2, -0.15) is 0 Å². The zero-order valence-corrected chi connectivity index (χ0v) is 10.3. The minimum Gasteiger partial charge on any atom is -0.387 e. The van der Waals surface area contributed by atoms with Crippen molar-refractivity contribution in [3.8, 4) is 0 Å². The van der Waals surface area contributed by atoms with Crippen molar-refractivity contribution < 1.29 is 13.9 Å². The van der Waals surface area contributed by atoms with Crippen LogP contribution in [0.5, 0.6) is 0 Å². The van der Waals surface area contributed by atoms with Crippen molar-refractivity contribution in [2.45, 2.75) is 12.6 Å². The van der Waals surface area contributed by atoms with Crippen molar-refractivity contribution >= 4 is 0 Å². The van der Waals surface area contributed by atoms with Gasteiger partial charge in [0.25, 0.3) is 0 Å². The van der Waals surface area contributed by atoms with Crippen LogP contribution in [0.2, 0.25) is 0 Å². The van der Waals surface area contributed by atoms with Crippen molar-refractivity contribution in [1.29, 1.82) is 0 Å². The highest BCUT2D eigenvalue weighted by molar-refractivity contribution is 5.20. The molecule has 1 atom stereocenters. The van der Waals surface area contributed by atoms with Crippen LogP contribution in [0, 0.1) is 11.6 Å². The Labute approximate surface area is 110 Å². The van der Waals surface area contributed by atoms with E-state index in [1.807, 2.05) is 0 Å². The number of hydrogen-bond acceptors (Lipinski definition) is 2. The summed E-state index contributed by atoms with van der Waals surface area (Å²) in [6.07, 6.45) is -0.901. The van der Waals surface area contributed by atoms with E-state index in [9.17, 15) is 13.9 Å². The molecule has 2 aromatic rings. The number of nitrogens with one attached hydrogen (secondary N) is 1. The molecule has 0 fully saturated rings. The van der Waals surface area contributed by atoms with Gasteiger partial charge in [0, 0.05) is 18.7 Å². The summed E-state index contributed by atoms with van der Waals surface area (Å²) < 4.78 is 26.1. The fraction of sp³-hybridized carbons (Fsp3) is 0.200. The maximum Gasteiger partial charge on any atom is 0.129 e. The zero-order chi connectivity index (χ0) is 13.7. The molecule has 0 saturated carbocycles. The summed E-state index contributed by atoms with van der Waals surface area (Å²) in [6.45, 7) is 0.726. The highest BCUT2D eigenvalue weighted by Gasteiger charge is 2.11. The number of halogens is 2. The number of aliphatic hydroxyl groups excluding tert-OH is 1. The Kier molecular flexibility index (Phi) is 4.60. The van der Waals surface area contributed by atoms with Crippen molar-refractivity contribution in [2.75, 3.05) is 6.54 Å². The summed E-state index contributed by atoms with van der Waals surface area (Å²) in [5.41, 5.74) is 1.18. The summed E-state index contributed by atoms with van der Waals surface area (Å²) in [5, 5.41) is 12.9. The Bertz CT molecular complexity index is 528. The standard InChI is InChI=1S/C15H15F2NO/c16-12-7-5-11(6-8-12)9-18-10-15(19)13-3-1-2-4-14(13)17/h1-8,15,18-19H,9-10H2. The van der Waals surface area contributed by atoms with E-state index in [0.717, 1.165) is 5.56 Å². The van der Waals surface area contributed by atoms with Crippen LogP contribution in [-0.4, -0.2) is 11.7 Å². The molecule has 0 aliphatic heterocycles. The van der Waals surface area contributed by atoms with E-state index < -0.39 is 11.9 Å². The molecule has 19 heavy (non-hydrogen) atoms. The van der Waals surface area contributed by atoms with Gasteiger partial charge in [0.1, 0.15) is 11.6 Å². The van der Waals surface area contributed by atoms with Gasteiger partial charge in [-0.05, 0) is 23.8 Å². The predicted molar refractivity (Wildman–Crippen MR) is 69.5 cm³/mol. The van der Waals surface area contributed by atoms with Crippen LogP contribution in [0.15, 0.2) is 48.5 Å². The Hall–Kier alpha value is -1.78. The molecule has 0 aromatic heterocycles. The van der Waals surface area contributed by atoms with Crippen LogP contribution in [0.1, 0.15) is 17.2 Å². The quantitative estimate of drug-likeness (QED) is 0.869. The molecule has 2 rings (SSSR count). The molecule has 0 saturated heterocycles. The topological polar surface area (TPSA) is 32.3 Å². The lowest BCUT2D eigenvalue weighted by Gasteiger charge is -2.13. The van der Waals surface area contributed by atoms with Crippen LogP contribution in [0.25, 0.3) is 0 Å². The van der Waals surface area contributed by atoms with E-state index in [-0.39, 0.29) is 17.9 Å². The van der Waals surface area contributed by atoms with Gasteiger partial charge in [-0.15, -0.1) is 0 Å². The number of hydrogen-bond donors (Lipinski definition) is 2. The zero-order valence-electron chi connectivity index (χ0n) is 10.3. The monoisotopic (exact) mass is 263 g/mol. The maximum atomic E-state index is 13.4. The lowest BCUT2D eigenvalue weighted by molar-refractivity contribution is 0.169. The first-order chi connectivity index (χ1) is 9.16. The number of benzene rings is 2. The highest BCUT2D eigenvalue weighted by atomic mass is 19.1. The van der Waals surface area contributed by atoms with E-state index in [4.69, 9.17) is 0 Å². The molecule has 0 bridgehead atoms. The van der Waals surface area contributed by atoms with E-state index in [2.05, 4.69) is 5.32 Å². The predicted octanol–water partition coefficient (Wildman–Crippen LogP) is 2.79. The highest BCUT2D eigenvalue weighted by Crippen LogP contribution is 2.15. The molecular formula is C15H15F2NO. The third-order valence-corrected chi connectivity index (χ3v) is 2.84. The summed E-state index contributed by atoms with van der Waals surface area (Å²) >= 11 is 0. The third-order valence-electron chi connectivity index (χ3n) is 2.84. The van der Waals surface area contributed by atoms with Crippen LogP contribution in [0.3, 0.4) is 0 Å². The average Bonchev–Trinajstić information content (AvgIpc) is 2.41. The summed E-state index contributed by atoms with van der Waals surface area (Å²) in [6, 6.07) is 12.2. The van der Waals surface area contributed by atoms with Gasteiger partial charge in [-0.1, -0.05) is 30.3 Å². The van der Waals surface area contributed by atoms with Gasteiger partial charge < -0.3 is 10.4 Å². The maximum absolute atomic E-state index is 13.4. The van der Waals surface area contributed by atoms with Gasteiger partial charge in [0.15, 0.2) is 0 Å². The van der Waals surface area contributed by atoms with Crippen molar-refractivity contribution in [1.82, 2.24) is 5.32 Å². The third kappa shape index (κ3) is 3.84. The molecule has 4 heteroatoms. The molecule has 100 valence electrons. The number of rotatable bonds is 5. The second-order valence-corrected chi connectivity index (χ2v) is 4.29. The summed E-state index contributed by atoms with van der Waals surface area (Å²) in [4.78, 5) is 0. The largest absolute Gasteiger partial charge is 0.387 e. The van der Waals surface area contributed by atoms with Crippen LogP contribution in [-0.2, 0) is 6.54 Å². The molecule has 0 amide bonds. The molecule has 0 aliphatic carbocycles. The van der Waals surface area contributed by atoms with Gasteiger partial charge in [-0.25, -0.2) is 8.78 Å². The van der Waals surface area contributed by atoms with Crippen molar-refractivity contribution in [3.05, 3.63) is 71.3 Å². The van der Waals surface area contributed by atoms with Crippen LogP contribution < -0.4 is 5.32 Å². The minimum atomic E-state index is -0.901. The molecule has 0 spiro atoms. The molecule has 2 aromatic carbocycles.